The Morgan fingerprint density at radius 3 is 2.40 bits per heavy atom. The zero-order valence-corrected chi connectivity index (χ0v) is 17.6. The summed E-state index contributed by atoms with van der Waals surface area (Å²) in [5.41, 5.74) is 2.69. The molecule has 2 aliphatic rings. The number of rotatable bonds is 4. The second-order valence-electron chi connectivity index (χ2n) is 6.65. The van der Waals surface area contributed by atoms with E-state index in [0.29, 0.717) is 15.8 Å². The zero-order chi connectivity index (χ0) is 21.5. The third-order valence-corrected chi connectivity index (χ3v) is 5.64. The van der Waals surface area contributed by atoms with Crippen LogP contribution in [0, 0.1) is 12.3 Å². The fraction of sp³-hybridized carbons (Fsp3) is 0.100. The minimum atomic E-state index is -3.62. The van der Waals surface area contributed by atoms with Crippen molar-refractivity contribution in [3.63, 3.8) is 0 Å². The van der Waals surface area contributed by atoms with E-state index in [9.17, 15) is 13.2 Å². The van der Waals surface area contributed by atoms with Gasteiger partial charge in [0.2, 0.25) is 5.17 Å². The average molecular weight is 441 g/mol. The Labute approximate surface area is 177 Å². The summed E-state index contributed by atoms with van der Waals surface area (Å²) in [4.78, 5) is 16.6. The van der Waals surface area contributed by atoms with Gasteiger partial charge in [-0.25, -0.2) is 0 Å². The molecule has 2 aliphatic heterocycles. The fourth-order valence-corrected chi connectivity index (χ4v) is 4.12. The van der Waals surface area contributed by atoms with E-state index in [1.807, 2.05) is 31.2 Å². The molecule has 152 valence electrons. The van der Waals surface area contributed by atoms with Crippen LogP contribution in [0.2, 0.25) is 0 Å². The maximum Gasteiger partial charge on any atom is 0.306 e. The van der Waals surface area contributed by atoms with Crippen molar-refractivity contribution in [2.45, 2.75) is 6.92 Å². The first-order chi connectivity index (χ1) is 14.2. The van der Waals surface area contributed by atoms with Gasteiger partial charge in [0.15, 0.2) is 5.84 Å². The molecule has 0 saturated carbocycles. The molecule has 1 amide bonds. The highest BCUT2D eigenvalue weighted by atomic mass is 32.2. The second-order valence-corrected chi connectivity index (χ2v) is 9.18. The third kappa shape index (κ3) is 4.19. The monoisotopic (exact) mass is 440 g/mol. The minimum absolute atomic E-state index is 0.0731. The van der Waals surface area contributed by atoms with Gasteiger partial charge in [0.1, 0.15) is 10.8 Å². The predicted octanol–water partition coefficient (Wildman–Crippen LogP) is 3.00. The van der Waals surface area contributed by atoms with Crippen molar-refractivity contribution in [1.82, 2.24) is 5.01 Å². The van der Waals surface area contributed by atoms with Gasteiger partial charge in [0, 0.05) is 5.56 Å². The Kier molecular flexibility index (Phi) is 5.04. The van der Waals surface area contributed by atoms with Crippen LogP contribution in [0.5, 0.6) is 5.75 Å². The topological polar surface area (TPSA) is 112 Å². The maximum atomic E-state index is 12.5. The molecule has 2 aromatic rings. The largest absolute Gasteiger partial charge is 0.383 e. The normalized spacial score (nSPS) is 17.7. The Hall–Kier alpha value is -3.24. The lowest BCUT2D eigenvalue weighted by molar-refractivity contribution is -0.114. The molecular formula is C20H16N4O4S2. The molecule has 1 N–H and O–H groups in total. The van der Waals surface area contributed by atoms with Gasteiger partial charge in [-0.3, -0.25) is 10.2 Å². The number of nitrogens with one attached hydrogen (secondary N) is 1. The average Bonchev–Trinajstić information content (AvgIpc) is 3.10. The first kappa shape index (κ1) is 20.0. The number of hydrazone groups is 1. The molecule has 2 aromatic carbocycles. The van der Waals surface area contributed by atoms with Crippen molar-refractivity contribution in [3.8, 4) is 5.75 Å². The van der Waals surface area contributed by atoms with Gasteiger partial charge in [-0.2, -0.15) is 23.5 Å². The first-order valence-corrected chi connectivity index (χ1v) is 11.4. The van der Waals surface area contributed by atoms with E-state index in [-0.39, 0.29) is 17.2 Å². The Balaban J connectivity index is 1.60. The fourth-order valence-electron chi connectivity index (χ4n) is 2.77. The van der Waals surface area contributed by atoms with E-state index in [1.165, 1.54) is 35.0 Å². The molecule has 8 nitrogen and oxygen atoms in total. The smallest absolute Gasteiger partial charge is 0.306 e. The molecule has 0 aromatic heterocycles. The number of hydrogen-bond donors (Lipinski definition) is 1. The van der Waals surface area contributed by atoms with Crippen molar-refractivity contribution in [1.29, 1.82) is 5.41 Å². The molecule has 0 spiro atoms. The van der Waals surface area contributed by atoms with Crippen LogP contribution in [0.1, 0.15) is 16.7 Å². The van der Waals surface area contributed by atoms with Crippen molar-refractivity contribution in [2.75, 3.05) is 6.26 Å². The number of aliphatic imine (C=N–C) groups is 1. The summed E-state index contributed by atoms with van der Waals surface area (Å²) in [6.45, 7) is 1.99. The van der Waals surface area contributed by atoms with Crippen molar-refractivity contribution < 1.29 is 17.4 Å². The van der Waals surface area contributed by atoms with Crippen LogP contribution in [0.15, 0.2) is 64.2 Å². The highest BCUT2D eigenvalue weighted by Crippen LogP contribution is 2.31. The molecule has 0 bridgehead atoms. The Bertz CT molecular complexity index is 1240. The number of amidine groups is 2. The van der Waals surface area contributed by atoms with E-state index in [1.54, 1.807) is 12.1 Å². The molecule has 10 heteroatoms. The van der Waals surface area contributed by atoms with Crippen LogP contribution in [0.3, 0.4) is 0 Å². The number of amides is 1. The van der Waals surface area contributed by atoms with Crippen LogP contribution < -0.4 is 4.18 Å². The lowest BCUT2D eigenvalue weighted by Gasteiger charge is -2.20. The Morgan fingerprint density at radius 1 is 1.10 bits per heavy atom. The lowest BCUT2D eigenvalue weighted by Crippen LogP contribution is -2.35. The molecule has 0 atom stereocenters. The molecule has 0 fully saturated rings. The minimum Gasteiger partial charge on any atom is -0.383 e. The van der Waals surface area contributed by atoms with Gasteiger partial charge in [-0.1, -0.05) is 42.0 Å². The summed E-state index contributed by atoms with van der Waals surface area (Å²) >= 11 is 1.24. The van der Waals surface area contributed by atoms with Crippen molar-refractivity contribution >= 4 is 49.9 Å². The van der Waals surface area contributed by atoms with Gasteiger partial charge in [-0.15, -0.1) is 0 Å². The van der Waals surface area contributed by atoms with Gasteiger partial charge in [0.25, 0.3) is 5.91 Å². The van der Waals surface area contributed by atoms with Gasteiger partial charge < -0.3 is 4.18 Å². The SMILES string of the molecule is Cc1ccc(C2=NN3C(=N)/C(=C/c4ccc(OS(C)(=O)=O)cc4)C(=O)N=C3S2)cc1. The summed E-state index contributed by atoms with van der Waals surface area (Å²) in [6, 6.07) is 13.9. The number of hydrogen-bond acceptors (Lipinski definition) is 7. The molecule has 2 heterocycles. The van der Waals surface area contributed by atoms with Gasteiger partial charge in [0.05, 0.1) is 11.8 Å². The molecule has 0 saturated heterocycles. The quantitative estimate of drug-likeness (QED) is 0.578. The summed E-state index contributed by atoms with van der Waals surface area (Å²) < 4.78 is 27.2. The number of carbonyl (C=O) groups is 1. The summed E-state index contributed by atoms with van der Waals surface area (Å²) in [5, 5.41) is 15.2. The van der Waals surface area contributed by atoms with Crippen LogP contribution >= 0.6 is 11.8 Å². The van der Waals surface area contributed by atoms with E-state index in [4.69, 9.17) is 9.59 Å². The summed E-state index contributed by atoms with van der Waals surface area (Å²) in [7, 11) is -3.62. The van der Waals surface area contributed by atoms with Gasteiger partial charge >= 0.3 is 10.1 Å². The van der Waals surface area contributed by atoms with Crippen LogP contribution in [-0.2, 0) is 14.9 Å². The van der Waals surface area contributed by atoms with E-state index in [2.05, 4.69) is 10.1 Å². The second kappa shape index (κ2) is 7.54. The molecule has 0 unspecified atom stereocenters. The van der Waals surface area contributed by atoms with Crippen molar-refractivity contribution in [3.05, 3.63) is 70.8 Å². The number of benzene rings is 2. The van der Waals surface area contributed by atoms with Crippen LogP contribution in [-0.4, -0.2) is 41.6 Å². The number of carbonyl (C=O) groups excluding carboxylic acids is 1. The maximum absolute atomic E-state index is 12.5. The van der Waals surface area contributed by atoms with E-state index >= 15 is 0 Å². The van der Waals surface area contributed by atoms with Crippen LogP contribution in [0.25, 0.3) is 6.08 Å². The Morgan fingerprint density at radius 2 is 1.77 bits per heavy atom. The number of fused-ring (bicyclic) bond motifs is 1. The summed E-state index contributed by atoms with van der Waals surface area (Å²) in [5.74, 6) is -0.445. The molecule has 4 rings (SSSR count). The highest BCUT2D eigenvalue weighted by Gasteiger charge is 2.35. The number of nitrogens with zero attached hydrogens (tertiary/aromatic N) is 3. The standard InChI is InChI=1S/C20H16N4O4S2/c1-12-3-7-14(8-4-12)19-23-24-17(21)16(18(25)22-20(24)29-19)11-13-5-9-15(10-6-13)28-30(2,26)27/h3-11,21H,1-2H3/b16-11-,21-17?. The van der Waals surface area contributed by atoms with Crippen LogP contribution in [0.4, 0.5) is 0 Å². The lowest BCUT2D eigenvalue weighted by atomic mass is 10.1. The first-order valence-electron chi connectivity index (χ1n) is 8.76. The molecule has 0 radical (unpaired) electrons. The van der Waals surface area contributed by atoms with Crippen molar-refractivity contribution in [2.24, 2.45) is 10.1 Å². The highest BCUT2D eigenvalue weighted by molar-refractivity contribution is 8.27. The predicted molar refractivity (Wildman–Crippen MR) is 117 cm³/mol. The number of thioether (sulfide) groups is 1. The van der Waals surface area contributed by atoms with E-state index < -0.39 is 16.0 Å². The van der Waals surface area contributed by atoms with Gasteiger partial charge in [-0.05, 0) is 42.5 Å². The zero-order valence-electron chi connectivity index (χ0n) is 16.0. The summed E-state index contributed by atoms with van der Waals surface area (Å²) in [6.07, 6.45) is 2.47. The molecule has 30 heavy (non-hydrogen) atoms. The molecule has 0 aliphatic carbocycles. The third-order valence-electron chi connectivity index (χ3n) is 4.19. The molecular weight excluding hydrogens is 424 g/mol. The number of aryl methyl sites for hydroxylation is 1. The van der Waals surface area contributed by atoms with E-state index in [0.717, 1.165) is 17.4 Å².